The Balaban J connectivity index is 1.50. The molecule has 2 aliphatic heterocycles. The first kappa shape index (κ1) is 19.6. The van der Waals surface area contributed by atoms with Gasteiger partial charge in [-0.3, -0.25) is 9.59 Å². The zero-order valence-corrected chi connectivity index (χ0v) is 16.9. The number of nitrogens with zero attached hydrogens (tertiary/aromatic N) is 2. The van der Waals surface area contributed by atoms with E-state index in [9.17, 15) is 9.59 Å². The molecule has 6 heteroatoms. The molecule has 2 heterocycles. The van der Waals surface area contributed by atoms with Gasteiger partial charge in [-0.25, -0.2) is 0 Å². The molecule has 2 saturated heterocycles. The number of benzene rings is 1. The summed E-state index contributed by atoms with van der Waals surface area (Å²) >= 11 is 7.70. The molecule has 4 nitrogen and oxygen atoms in total. The summed E-state index contributed by atoms with van der Waals surface area (Å²) in [5.41, 5.74) is 0. The Morgan fingerprint density at radius 1 is 1.04 bits per heavy atom. The van der Waals surface area contributed by atoms with Gasteiger partial charge < -0.3 is 9.80 Å². The third kappa shape index (κ3) is 4.74. The van der Waals surface area contributed by atoms with Crippen LogP contribution in [0.5, 0.6) is 0 Å². The number of piperidine rings is 2. The molecular weight excluding hydrogens is 368 g/mol. The highest BCUT2D eigenvalue weighted by molar-refractivity contribution is 8.00. The van der Waals surface area contributed by atoms with Crippen LogP contribution in [-0.2, 0) is 9.59 Å². The van der Waals surface area contributed by atoms with Crippen molar-refractivity contribution in [3.8, 4) is 0 Å². The van der Waals surface area contributed by atoms with Crippen molar-refractivity contribution in [3.63, 3.8) is 0 Å². The number of amides is 2. The number of rotatable bonds is 4. The lowest BCUT2D eigenvalue weighted by Crippen LogP contribution is -2.47. The SMILES string of the molecule is CC(Sc1ccccc1Cl)C(=O)N1CCC(C(=O)N2CCCCC2)CC1. The van der Waals surface area contributed by atoms with Crippen molar-refractivity contribution in [2.75, 3.05) is 26.2 Å². The molecule has 3 rings (SSSR count). The molecule has 0 aliphatic carbocycles. The summed E-state index contributed by atoms with van der Waals surface area (Å²) in [5, 5.41) is 0.507. The summed E-state index contributed by atoms with van der Waals surface area (Å²) in [6.07, 6.45) is 5.05. The lowest BCUT2D eigenvalue weighted by atomic mass is 9.94. The molecule has 1 atom stereocenters. The monoisotopic (exact) mass is 394 g/mol. The predicted octanol–water partition coefficient (Wildman–Crippen LogP) is 4.07. The van der Waals surface area contributed by atoms with E-state index in [-0.39, 0.29) is 17.1 Å². The van der Waals surface area contributed by atoms with Crippen LogP contribution in [0.25, 0.3) is 0 Å². The molecule has 2 fully saturated rings. The van der Waals surface area contributed by atoms with Gasteiger partial charge in [0.25, 0.3) is 0 Å². The minimum Gasteiger partial charge on any atom is -0.342 e. The predicted molar refractivity (Wildman–Crippen MR) is 107 cm³/mol. The number of thioether (sulfide) groups is 1. The smallest absolute Gasteiger partial charge is 0.235 e. The second kappa shape index (κ2) is 9.14. The molecule has 0 spiro atoms. The maximum absolute atomic E-state index is 12.8. The summed E-state index contributed by atoms with van der Waals surface area (Å²) in [5.74, 6) is 0.526. The molecule has 142 valence electrons. The van der Waals surface area contributed by atoms with Gasteiger partial charge in [0.2, 0.25) is 11.8 Å². The van der Waals surface area contributed by atoms with E-state index in [0.717, 1.165) is 43.7 Å². The van der Waals surface area contributed by atoms with Crippen LogP contribution in [0.3, 0.4) is 0 Å². The van der Waals surface area contributed by atoms with E-state index in [0.29, 0.717) is 24.0 Å². The normalized spacial score (nSPS) is 20.1. The highest BCUT2D eigenvalue weighted by Gasteiger charge is 2.32. The van der Waals surface area contributed by atoms with Crippen LogP contribution >= 0.6 is 23.4 Å². The summed E-state index contributed by atoms with van der Waals surface area (Å²) in [6, 6.07) is 7.62. The van der Waals surface area contributed by atoms with Gasteiger partial charge in [0.1, 0.15) is 0 Å². The van der Waals surface area contributed by atoms with Gasteiger partial charge in [-0.1, -0.05) is 23.7 Å². The molecule has 1 aromatic rings. The van der Waals surface area contributed by atoms with Crippen LogP contribution in [0.4, 0.5) is 0 Å². The van der Waals surface area contributed by atoms with Crippen molar-refractivity contribution in [1.29, 1.82) is 0 Å². The zero-order chi connectivity index (χ0) is 18.5. The Hall–Kier alpha value is -1.20. The molecule has 0 radical (unpaired) electrons. The minimum atomic E-state index is -0.177. The van der Waals surface area contributed by atoms with E-state index in [1.54, 1.807) is 0 Å². The maximum Gasteiger partial charge on any atom is 0.235 e. The number of carbonyl (C=O) groups excluding carboxylic acids is 2. The number of hydrogen-bond donors (Lipinski definition) is 0. The largest absolute Gasteiger partial charge is 0.342 e. The van der Waals surface area contributed by atoms with Crippen molar-refractivity contribution < 1.29 is 9.59 Å². The summed E-state index contributed by atoms with van der Waals surface area (Å²) in [4.78, 5) is 30.3. The number of carbonyl (C=O) groups is 2. The Morgan fingerprint density at radius 3 is 2.35 bits per heavy atom. The Morgan fingerprint density at radius 2 is 1.69 bits per heavy atom. The molecule has 2 amide bonds. The second-order valence-electron chi connectivity index (χ2n) is 7.18. The third-order valence-corrected chi connectivity index (χ3v) is 6.92. The first-order valence-corrected chi connectivity index (χ1v) is 10.8. The van der Waals surface area contributed by atoms with E-state index < -0.39 is 0 Å². The van der Waals surface area contributed by atoms with Gasteiger partial charge in [0.15, 0.2) is 0 Å². The van der Waals surface area contributed by atoms with Gasteiger partial charge in [-0.05, 0) is 51.2 Å². The molecule has 26 heavy (non-hydrogen) atoms. The van der Waals surface area contributed by atoms with Crippen LogP contribution in [0.15, 0.2) is 29.2 Å². The topological polar surface area (TPSA) is 40.6 Å². The van der Waals surface area contributed by atoms with Crippen molar-refractivity contribution in [1.82, 2.24) is 9.80 Å². The Bertz CT molecular complexity index is 640. The van der Waals surface area contributed by atoms with Gasteiger partial charge >= 0.3 is 0 Å². The average Bonchev–Trinajstić information content (AvgIpc) is 2.69. The van der Waals surface area contributed by atoms with Crippen molar-refractivity contribution in [3.05, 3.63) is 29.3 Å². The fourth-order valence-electron chi connectivity index (χ4n) is 3.76. The zero-order valence-electron chi connectivity index (χ0n) is 15.3. The van der Waals surface area contributed by atoms with E-state index in [1.807, 2.05) is 41.0 Å². The molecule has 2 aliphatic rings. The molecule has 0 saturated carbocycles. The lowest BCUT2D eigenvalue weighted by molar-refractivity contribution is -0.141. The van der Waals surface area contributed by atoms with E-state index >= 15 is 0 Å². The summed E-state index contributed by atoms with van der Waals surface area (Å²) in [6.45, 7) is 5.10. The quantitative estimate of drug-likeness (QED) is 0.722. The Labute approximate surface area is 165 Å². The summed E-state index contributed by atoms with van der Waals surface area (Å²) in [7, 11) is 0. The fourth-order valence-corrected chi connectivity index (χ4v) is 5.00. The number of hydrogen-bond acceptors (Lipinski definition) is 3. The number of likely N-dealkylation sites (tertiary alicyclic amines) is 2. The van der Waals surface area contributed by atoms with Crippen molar-refractivity contribution >= 4 is 35.2 Å². The van der Waals surface area contributed by atoms with E-state index in [2.05, 4.69) is 0 Å². The number of halogens is 1. The van der Waals surface area contributed by atoms with Crippen LogP contribution in [-0.4, -0.2) is 53.0 Å². The highest BCUT2D eigenvalue weighted by atomic mass is 35.5. The Kier molecular flexibility index (Phi) is 6.87. The lowest BCUT2D eigenvalue weighted by Gasteiger charge is -2.36. The van der Waals surface area contributed by atoms with E-state index in [4.69, 9.17) is 11.6 Å². The summed E-state index contributed by atoms with van der Waals surface area (Å²) < 4.78 is 0. The molecule has 0 aromatic heterocycles. The fraction of sp³-hybridized carbons (Fsp3) is 0.600. The standard InChI is InChI=1S/C20H27ClN2O2S/c1-15(26-18-8-4-3-7-17(18)21)19(24)23-13-9-16(10-14-23)20(25)22-11-5-2-6-12-22/h3-4,7-8,15-16H,2,5-6,9-14H2,1H3. The van der Waals surface area contributed by atoms with Gasteiger partial charge in [0, 0.05) is 37.0 Å². The molecular formula is C20H27ClN2O2S. The van der Waals surface area contributed by atoms with Crippen molar-refractivity contribution in [2.45, 2.75) is 49.2 Å². The molecule has 0 N–H and O–H groups in total. The third-order valence-electron chi connectivity index (χ3n) is 5.31. The van der Waals surface area contributed by atoms with Crippen LogP contribution in [0, 0.1) is 5.92 Å². The maximum atomic E-state index is 12.8. The first-order valence-electron chi connectivity index (χ1n) is 9.55. The van der Waals surface area contributed by atoms with Crippen LogP contribution < -0.4 is 0 Å². The van der Waals surface area contributed by atoms with Gasteiger partial charge in [0.05, 0.1) is 10.3 Å². The first-order chi connectivity index (χ1) is 12.6. The molecule has 1 aromatic carbocycles. The van der Waals surface area contributed by atoms with E-state index in [1.165, 1.54) is 18.2 Å². The molecule has 0 bridgehead atoms. The molecule has 1 unspecified atom stereocenters. The van der Waals surface area contributed by atoms with Crippen molar-refractivity contribution in [2.24, 2.45) is 5.92 Å². The van der Waals surface area contributed by atoms with Crippen LogP contribution in [0.2, 0.25) is 5.02 Å². The minimum absolute atomic E-state index is 0.0867. The van der Waals surface area contributed by atoms with Gasteiger partial charge in [-0.15, -0.1) is 11.8 Å². The van der Waals surface area contributed by atoms with Crippen LogP contribution in [0.1, 0.15) is 39.0 Å². The average molecular weight is 395 g/mol. The second-order valence-corrected chi connectivity index (χ2v) is 8.97. The highest BCUT2D eigenvalue weighted by Crippen LogP contribution is 2.31. The van der Waals surface area contributed by atoms with Gasteiger partial charge in [-0.2, -0.15) is 0 Å².